The van der Waals surface area contributed by atoms with Crippen molar-refractivity contribution in [3.63, 3.8) is 0 Å². The first-order valence-corrected chi connectivity index (χ1v) is 6.33. The number of nitrogens with one attached hydrogen (secondary N) is 1. The average Bonchev–Trinajstić information content (AvgIpc) is 3.02. The first kappa shape index (κ1) is 12.2. The molecule has 1 saturated carbocycles. The first-order valence-electron chi connectivity index (χ1n) is 6.33. The molecule has 17 heavy (non-hydrogen) atoms. The number of aliphatic carboxylic acids is 1. The summed E-state index contributed by atoms with van der Waals surface area (Å²) in [6.07, 6.45) is 3.55. The van der Waals surface area contributed by atoms with Crippen LogP contribution < -0.4 is 5.32 Å². The summed E-state index contributed by atoms with van der Waals surface area (Å²) in [5.74, 6) is -0.130. The van der Waals surface area contributed by atoms with Crippen molar-refractivity contribution in [1.29, 1.82) is 0 Å². The predicted octanol–water partition coefficient (Wildman–Crippen LogP) is 1.29. The second-order valence-electron chi connectivity index (χ2n) is 5.24. The van der Waals surface area contributed by atoms with Crippen molar-refractivity contribution in [1.82, 2.24) is 10.2 Å². The highest BCUT2D eigenvalue weighted by Gasteiger charge is 2.44. The van der Waals surface area contributed by atoms with Gasteiger partial charge >= 0.3 is 12.0 Å². The van der Waals surface area contributed by atoms with E-state index in [2.05, 4.69) is 5.32 Å². The molecule has 0 aromatic carbocycles. The third-order valence-electron chi connectivity index (χ3n) is 4.01. The second-order valence-corrected chi connectivity index (χ2v) is 5.24. The minimum absolute atomic E-state index is 0.103. The topological polar surface area (TPSA) is 69.6 Å². The van der Waals surface area contributed by atoms with Crippen molar-refractivity contribution in [2.45, 2.75) is 32.6 Å². The monoisotopic (exact) mass is 240 g/mol. The molecule has 0 aromatic heterocycles. The number of likely N-dealkylation sites (tertiary alicyclic amines) is 1. The van der Waals surface area contributed by atoms with Crippen molar-refractivity contribution in [2.24, 2.45) is 11.3 Å². The molecular weight excluding hydrogens is 220 g/mol. The number of carboxylic acid groups (broad SMARTS) is 1. The Morgan fingerprint density at radius 1 is 1.47 bits per heavy atom. The molecule has 2 N–H and O–H groups in total. The maximum absolute atomic E-state index is 11.8. The molecule has 1 aliphatic carbocycles. The van der Waals surface area contributed by atoms with E-state index < -0.39 is 11.4 Å². The van der Waals surface area contributed by atoms with E-state index >= 15 is 0 Å². The van der Waals surface area contributed by atoms with Crippen LogP contribution in [0.15, 0.2) is 0 Å². The van der Waals surface area contributed by atoms with E-state index in [9.17, 15) is 14.7 Å². The minimum Gasteiger partial charge on any atom is -0.481 e. The molecule has 5 heteroatoms. The zero-order valence-electron chi connectivity index (χ0n) is 10.2. The summed E-state index contributed by atoms with van der Waals surface area (Å²) in [5, 5.41) is 12.1. The highest BCUT2D eigenvalue weighted by Crippen LogP contribution is 2.34. The molecule has 5 nitrogen and oxygen atoms in total. The van der Waals surface area contributed by atoms with E-state index in [1.165, 1.54) is 12.8 Å². The van der Waals surface area contributed by atoms with Gasteiger partial charge < -0.3 is 15.3 Å². The van der Waals surface area contributed by atoms with Gasteiger partial charge in [-0.25, -0.2) is 4.79 Å². The molecular formula is C12H20N2O3. The van der Waals surface area contributed by atoms with Gasteiger partial charge in [0.2, 0.25) is 0 Å². The number of carboxylic acids is 1. The molecule has 96 valence electrons. The van der Waals surface area contributed by atoms with Crippen LogP contribution in [0.3, 0.4) is 0 Å². The van der Waals surface area contributed by atoms with Gasteiger partial charge in [0.1, 0.15) is 0 Å². The van der Waals surface area contributed by atoms with Crippen LogP contribution in [0, 0.1) is 11.3 Å². The van der Waals surface area contributed by atoms with Gasteiger partial charge in [0.15, 0.2) is 0 Å². The summed E-state index contributed by atoms with van der Waals surface area (Å²) < 4.78 is 0. The van der Waals surface area contributed by atoms with Gasteiger partial charge in [0.05, 0.1) is 5.41 Å². The van der Waals surface area contributed by atoms with E-state index in [1.54, 1.807) is 4.90 Å². The average molecular weight is 240 g/mol. The zero-order chi connectivity index (χ0) is 12.5. The van der Waals surface area contributed by atoms with Gasteiger partial charge in [-0.05, 0) is 31.6 Å². The quantitative estimate of drug-likeness (QED) is 0.778. The number of rotatable bonds is 4. The lowest BCUT2D eigenvalue weighted by atomic mass is 9.84. The summed E-state index contributed by atoms with van der Waals surface area (Å²) >= 11 is 0. The first-order chi connectivity index (χ1) is 8.07. The molecule has 0 spiro atoms. The van der Waals surface area contributed by atoms with E-state index in [1.807, 2.05) is 6.92 Å². The number of amides is 2. The van der Waals surface area contributed by atoms with Crippen molar-refractivity contribution in [3.05, 3.63) is 0 Å². The molecule has 2 fully saturated rings. The highest BCUT2D eigenvalue weighted by molar-refractivity contribution is 5.79. The lowest BCUT2D eigenvalue weighted by Gasteiger charge is -2.23. The summed E-state index contributed by atoms with van der Waals surface area (Å²) in [4.78, 5) is 24.7. The Morgan fingerprint density at radius 2 is 2.18 bits per heavy atom. The molecule has 1 saturated heterocycles. The number of urea groups is 1. The van der Waals surface area contributed by atoms with Crippen LogP contribution in [0.4, 0.5) is 4.79 Å². The molecule has 1 atom stereocenters. The van der Waals surface area contributed by atoms with Crippen LogP contribution in [0.5, 0.6) is 0 Å². The number of hydrogen-bond donors (Lipinski definition) is 2. The SMILES string of the molecule is CCC1(C(=O)O)CCN(C(=O)NCC2CC2)C1. The lowest BCUT2D eigenvalue weighted by molar-refractivity contribution is -0.148. The summed E-state index contributed by atoms with van der Waals surface area (Å²) in [7, 11) is 0. The minimum atomic E-state index is -0.780. The Kier molecular flexibility index (Phi) is 3.26. The molecule has 2 aliphatic rings. The summed E-state index contributed by atoms with van der Waals surface area (Å²) in [5.41, 5.74) is -0.725. The fraction of sp³-hybridized carbons (Fsp3) is 0.833. The van der Waals surface area contributed by atoms with Gasteiger partial charge in [0.25, 0.3) is 0 Å². The van der Waals surface area contributed by atoms with Gasteiger partial charge in [-0.3, -0.25) is 4.79 Å². The number of carbonyl (C=O) groups is 2. The van der Waals surface area contributed by atoms with Crippen LogP contribution in [-0.4, -0.2) is 41.6 Å². The lowest BCUT2D eigenvalue weighted by Crippen LogP contribution is -2.42. The van der Waals surface area contributed by atoms with Crippen molar-refractivity contribution < 1.29 is 14.7 Å². The normalized spacial score (nSPS) is 28.2. The summed E-state index contributed by atoms with van der Waals surface area (Å²) in [6.45, 7) is 3.51. The standard InChI is InChI=1S/C12H20N2O3/c1-2-12(10(15)16)5-6-14(8-12)11(17)13-7-9-3-4-9/h9H,2-8H2,1H3,(H,13,17)(H,15,16). The Balaban J connectivity index is 1.86. The fourth-order valence-corrected chi connectivity index (χ4v) is 2.33. The van der Waals surface area contributed by atoms with Crippen molar-refractivity contribution in [3.8, 4) is 0 Å². The molecule has 1 aliphatic heterocycles. The van der Waals surface area contributed by atoms with E-state index in [0.717, 1.165) is 6.54 Å². The van der Waals surface area contributed by atoms with Crippen LogP contribution >= 0.6 is 0 Å². The van der Waals surface area contributed by atoms with Gasteiger partial charge in [-0.15, -0.1) is 0 Å². The van der Waals surface area contributed by atoms with Crippen LogP contribution in [0.2, 0.25) is 0 Å². The van der Waals surface area contributed by atoms with Crippen LogP contribution in [0.25, 0.3) is 0 Å². The molecule has 2 rings (SSSR count). The van der Waals surface area contributed by atoms with Crippen molar-refractivity contribution >= 4 is 12.0 Å². The molecule has 2 amide bonds. The fourth-order valence-electron chi connectivity index (χ4n) is 2.33. The van der Waals surface area contributed by atoms with Crippen molar-refractivity contribution in [2.75, 3.05) is 19.6 Å². The Labute approximate surface area is 101 Å². The summed E-state index contributed by atoms with van der Waals surface area (Å²) in [6, 6.07) is -0.103. The van der Waals surface area contributed by atoms with E-state index in [0.29, 0.717) is 31.8 Å². The van der Waals surface area contributed by atoms with Gasteiger partial charge in [-0.1, -0.05) is 6.92 Å². The smallest absolute Gasteiger partial charge is 0.317 e. The van der Waals surface area contributed by atoms with E-state index in [-0.39, 0.29) is 6.03 Å². The highest BCUT2D eigenvalue weighted by atomic mass is 16.4. The third-order valence-corrected chi connectivity index (χ3v) is 4.01. The Morgan fingerprint density at radius 3 is 2.65 bits per heavy atom. The van der Waals surface area contributed by atoms with E-state index in [4.69, 9.17) is 0 Å². The van der Waals surface area contributed by atoms with Crippen LogP contribution in [-0.2, 0) is 4.79 Å². The molecule has 0 aromatic rings. The Bertz CT molecular complexity index is 328. The number of carbonyl (C=O) groups excluding carboxylic acids is 1. The maximum atomic E-state index is 11.8. The molecule has 1 heterocycles. The number of nitrogens with zero attached hydrogens (tertiary/aromatic N) is 1. The second kappa shape index (κ2) is 4.55. The molecule has 1 unspecified atom stereocenters. The maximum Gasteiger partial charge on any atom is 0.317 e. The Hall–Kier alpha value is -1.26. The predicted molar refractivity (Wildman–Crippen MR) is 62.7 cm³/mol. The van der Waals surface area contributed by atoms with Gasteiger partial charge in [0, 0.05) is 19.6 Å². The molecule has 0 radical (unpaired) electrons. The van der Waals surface area contributed by atoms with Crippen LogP contribution in [0.1, 0.15) is 32.6 Å². The zero-order valence-corrected chi connectivity index (χ0v) is 10.2. The van der Waals surface area contributed by atoms with Gasteiger partial charge in [-0.2, -0.15) is 0 Å². The largest absolute Gasteiger partial charge is 0.481 e. The number of hydrogen-bond acceptors (Lipinski definition) is 2. The third kappa shape index (κ3) is 2.53. The molecule has 0 bridgehead atoms.